The highest BCUT2D eigenvalue weighted by molar-refractivity contribution is 5.74. The molecule has 2 N–H and O–H groups in total. The lowest BCUT2D eigenvalue weighted by atomic mass is 9.79. The third-order valence-electron chi connectivity index (χ3n) is 4.45. The largest absolute Gasteiger partial charge is 0.481 e. The molecule has 0 aromatic heterocycles. The van der Waals surface area contributed by atoms with Crippen molar-refractivity contribution in [1.82, 2.24) is 10.2 Å². The van der Waals surface area contributed by atoms with Gasteiger partial charge in [-0.3, -0.25) is 4.79 Å². The molecule has 21 heavy (non-hydrogen) atoms. The number of nitrogens with one attached hydrogen (secondary N) is 1. The van der Waals surface area contributed by atoms with Gasteiger partial charge in [0.15, 0.2) is 0 Å². The Morgan fingerprint density at radius 2 is 1.81 bits per heavy atom. The predicted molar refractivity (Wildman–Crippen MR) is 78.1 cm³/mol. The van der Waals surface area contributed by atoms with Gasteiger partial charge >= 0.3 is 12.0 Å². The van der Waals surface area contributed by atoms with Crippen molar-refractivity contribution in [3.05, 3.63) is 0 Å². The van der Waals surface area contributed by atoms with Gasteiger partial charge in [0, 0.05) is 19.6 Å². The number of carbonyl (C=O) groups excluding carboxylic acids is 1. The van der Waals surface area contributed by atoms with E-state index in [9.17, 15) is 14.7 Å². The number of rotatable bonds is 3. The Balaban J connectivity index is 1.83. The second-order valence-corrected chi connectivity index (χ2v) is 6.34. The van der Waals surface area contributed by atoms with Gasteiger partial charge in [0.25, 0.3) is 0 Å². The molecule has 1 heterocycles. The number of nitrogens with zero attached hydrogens (tertiary/aromatic N) is 1. The fraction of sp³-hybridized carbons (Fsp3) is 0.867. The summed E-state index contributed by atoms with van der Waals surface area (Å²) >= 11 is 0. The minimum Gasteiger partial charge on any atom is -0.481 e. The van der Waals surface area contributed by atoms with Crippen LogP contribution in [0.5, 0.6) is 0 Å². The lowest BCUT2D eigenvalue weighted by molar-refractivity contribution is -0.144. The van der Waals surface area contributed by atoms with Gasteiger partial charge in [0.1, 0.15) is 0 Å². The number of carbonyl (C=O) groups is 2. The molecular formula is C15H26N2O4. The van der Waals surface area contributed by atoms with Gasteiger partial charge in [0.05, 0.1) is 18.1 Å². The molecule has 2 amide bonds. The lowest BCUT2D eigenvalue weighted by Gasteiger charge is -2.36. The van der Waals surface area contributed by atoms with Crippen molar-refractivity contribution < 1.29 is 19.4 Å². The number of amides is 2. The first-order valence-electron chi connectivity index (χ1n) is 7.88. The molecule has 6 nitrogen and oxygen atoms in total. The molecule has 1 saturated carbocycles. The Bertz CT molecular complexity index is 378. The van der Waals surface area contributed by atoms with Gasteiger partial charge in [-0.25, -0.2) is 4.79 Å². The molecule has 6 heteroatoms. The maximum absolute atomic E-state index is 12.2. The van der Waals surface area contributed by atoms with Gasteiger partial charge in [-0.15, -0.1) is 0 Å². The van der Waals surface area contributed by atoms with E-state index in [0.29, 0.717) is 19.6 Å². The molecule has 1 aliphatic carbocycles. The van der Waals surface area contributed by atoms with Crippen LogP contribution < -0.4 is 5.32 Å². The van der Waals surface area contributed by atoms with Crippen molar-refractivity contribution in [2.24, 2.45) is 11.8 Å². The van der Waals surface area contributed by atoms with E-state index < -0.39 is 5.97 Å². The molecule has 0 spiro atoms. The number of carboxylic acids is 1. The van der Waals surface area contributed by atoms with E-state index in [1.54, 1.807) is 4.90 Å². The summed E-state index contributed by atoms with van der Waals surface area (Å²) in [4.78, 5) is 25.2. The Hall–Kier alpha value is -1.30. The van der Waals surface area contributed by atoms with Gasteiger partial charge in [-0.1, -0.05) is 12.8 Å². The summed E-state index contributed by atoms with van der Waals surface area (Å²) in [6.07, 6.45) is 3.71. The van der Waals surface area contributed by atoms with Gasteiger partial charge in [-0.2, -0.15) is 0 Å². The van der Waals surface area contributed by atoms with Crippen LogP contribution in [-0.2, 0) is 9.53 Å². The molecule has 2 aliphatic rings. The zero-order valence-corrected chi connectivity index (χ0v) is 12.9. The van der Waals surface area contributed by atoms with Crippen LogP contribution in [0.1, 0.15) is 39.5 Å². The molecule has 1 saturated heterocycles. The number of hydrogen-bond acceptors (Lipinski definition) is 3. The molecule has 1 aliphatic heterocycles. The summed E-state index contributed by atoms with van der Waals surface area (Å²) in [5, 5.41) is 12.2. The van der Waals surface area contributed by atoms with E-state index in [1.165, 1.54) is 0 Å². The molecule has 0 radical (unpaired) electrons. The van der Waals surface area contributed by atoms with Gasteiger partial charge in [-0.05, 0) is 32.6 Å². The highest BCUT2D eigenvalue weighted by atomic mass is 16.5. The van der Waals surface area contributed by atoms with Crippen LogP contribution in [0.3, 0.4) is 0 Å². The Kier molecular flexibility index (Phi) is 5.45. The van der Waals surface area contributed by atoms with Gasteiger partial charge < -0.3 is 20.1 Å². The van der Waals surface area contributed by atoms with Crippen LogP contribution in [0.4, 0.5) is 4.79 Å². The first-order valence-corrected chi connectivity index (χ1v) is 7.88. The number of aliphatic carboxylic acids is 1. The highest BCUT2D eigenvalue weighted by Gasteiger charge is 2.32. The smallest absolute Gasteiger partial charge is 0.317 e. The van der Waals surface area contributed by atoms with Crippen LogP contribution in [0, 0.1) is 11.8 Å². The quantitative estimate of drug-likeness (QED) is 0.831. The third-order valence-corrected chi connectivity index (χ3v) is 4.45. The fourth-order valence-corrected chi connectivity index (χ4v) is 3.45. The van der Waals surface area contributed by atoms with Crippen molar-refractivity contribution in [3.8, 4) is 0 Å². The van der Waals surface area contributed by atoms with Crippen molar-refractivity contribution in [3.63, 3.8) is 0 Å². The fourth-order valence-electron chi connectivity index (χ4n) is 3.45. The lowest BCUT2D eigenvalue weighted by Crippen LogP contribution is -2.52. The maximum atomic E-state index is 12.2. The van der Waals surface area contributed by atoms with E-state index in [4.69, 9.17) is 4.74 Å². The summed E-state index contributed by atoms with van der Waals surface area (Å²) in [7, 11) is 0. The molecular weight excluding hydrogens is 272 g/mol. The molecule has 0 bridgehead atoms. The minimum atomic E-state index is -0.734. The average Bonchev–Trinajstić information content (AvgIpc) is 2.43. The van der Waals surface area contributed by atoms with E-state index in [-0.39, 0.29) is 30.1 Å². The van der Waals surface area contributed by atoms with Crippen LogP contribution in [0.2, 0.25) is 0 Å². The van der Waals surface area contributed by atoms with Crippen LogP contribution in [0.25, 0.3) is 0 Å². The molecule has 4 atom stereocenters. The minimum absolute atomic E-state index is 0.0425. The molecule has 2 rings (SSSR count). The second-order valence-electron chi connectivity index (χ2n) is 6.34. The predicted octanol–water partition coefficient (Wildman–Crippen LogP) is 1.70. The van der Waals surface area contributed by atoms with E-state index in [0.717, 1.165) is 25.7 Å². The number of morpholine rings is 1. The first kappa shape index (κ1) is 16.1. The Morgan fingerprint density at radius 3 is 2.43 bits per heavy atom. The van der Waals surface area contributed by atoms with Crippen molar-refractivity contribution in [2.45, 2.75) is 51.7 Å². The Labute approximate surface area is 125 Å². The highest BCUT2D eigenvalue weighted by Crippen LogP contribution is 2.29. The summed E-state index contributed by atoms with van der Waals surface area (Å²) in [5.74, 6) is -1.000. The SMILES string of the molecule is CC1CN(C(=O)NCC2CCCCC2C(=O)O)CC(C)O1. The Morgan fingerprint density at radius 1 is 1.19 bits per heavy atom. The van der Waals surface area contributed by atoms with Crippen molar-refractivity contribution >= 4 is 12.0 Å². The number of ether oxygens (including phenoxy) is 1. The monoisotopic (exact) mass is 298 g/mol. The first-order chi connectivity index (χ1) is 9.97. The normalized spacial score (nSPS) is 33.5. The summed E-state index contributed by atoms with van der Waals surface area (Å²) in [5.41, 5.74) is 0. The standard InChI is InChI=1S/C15H26N2O4/c1-10-8-17(9-11(2)21-10)15(20)16-7-12-5-3-4-6-13(12)14(18)19/h10-13H,3-9H2,1-2H3,(H,16,20)(H,18,19). The molecule has 0 aromatic carbocycles. The van der Waals surface area contributed by atoms with Crippen LogP contribution in [-0.4, -0.2) is 53.8 Å². The number of urea groups is 1. The topological polar surface area (TPSA) is 78.9 Å². The molecule has 4 unspecified atom stereocenters. The van der Waals surface area contributed by atoms with Gasteiger partial charge in [0.2, 0.25) is 0 Å². The van der Waals surface area contributed by atoms with Crippen molar-refractivity contribution in [2.75, 3.05) is 19.6 Å². The third kappa shape index (κ3) is 4.33. The van der Waals surface area contributed by atoms with E-state index >= 15 is 0 Å². The average molecular weight is 298 g/mol. The van der Waals surface area contributed by atoms with E-state index in [1.807, 2.05) is 13.8 Å². The maximum Gasteiger partial charge on any atom is 0.317 e. The van der Waals surface area contributed by atoms with Crippen LogP contribution >= 0.6 is 0 Å². The zero-order chi connectivity index (χ0) is 15.4. The van der Waals surface area contributed by atoms with Crippen LogP contribution in [0.15, 0.2) is 0 Å². The van der Waals surface area contributed by atoms with E-state index in [2.05, 4.69) is 5.32 Å². The molecule has 0 aromatic rings. The summed E-state index contributed by atoms with van der Waals surface area (Å²) in [6.45, 7) is 5.54. The molecule has 2 fully saturated rings. The number of carboxylic acid groups (broad SMARTS) is 1. The van der Waals surface area contributed by atoms with Crippen molar-refractivity contribution in [1.29, 1.82) is 0 Å². The zero-order valence-electron chi connectivity index (χ0n) is 12.9. The number of hydrogen-bond donors (Lipinski definition) is 2. The summed E-state index contributed by atoms with van der Waals surface area (Å²) < 4.78 is 5.61. The second kappa shape index (κ2) is 7.11. The summed E-state index contributed by atoms with van der Waals surface area (Å²) in [6, 6.07) is -0.105. The molecule has 120 valence electrons.